The molecule has 0 bridgehead atoms. The first-order valence-corrected chi connectivity index (χ1v) is 6.09. The van der Waals surface area contributed by atoms with Crippen LogP contribution in [0.3, 0.4) is 0 Å². The fourth-order valence-electron chi connectivity index (χ4n) is 2.04. The highest BCUT2D eigenvalue weighted by Crippen LogP contribution is 2.26. The summed E-state index contributed by atoms with van der Waals surface area (Å²) in [5, 5.41) is 9.76. The second-order valence-corrected chi connectivity index (χ2v) is 4.89. The molecular weight excluding hydrogens is 200 g/mol. The van der Waals surface area contributed by atoms with Crippen LogP contribution >= 0.6 is 0 Å². The molecule has 16 heavy (non-hydrogen) atoms. The zero-order valence-corrected chi connectivity index (χ0v) is 10.1. The van der Waals surface area contributed by atoms with E-state index in [1.54, 1.807) is 0 Å². The van der Waals surface area contributed by atoms with E-state index in [-0.39, 0.29) is 6.10 Å². The third-order valence-corrected chi connectivity index (χ3v) is 3.25. The van der Waals surface area contributed by atoms with Gasteiger partial charge in [-0.15, -0.1) is 0 Å². The van der Waals surface area contributed by atoms with Crippen LogP contribution in [-0.4, -0.2) is 17.8 Å². The summed E-state index contributed by atoms with van der Waals surface area (Å²) >= 11 is 0. The highest BCUT2D eigenvalue weighted by molar-refractivity contribution is 5.39. The predicted molar refractivity (Wildman–Crippen MR) is 64.8 cm³/mol. The number of hydrogen-bond donors (Lipinski definition) is 1. The van der Waals surface area contributed by atoms with Crippen molar-refractivity contribution < 1.29 is 9.84 Å². The van der Waals surface area contributed by atoms with Crippen molar-refractivity contribution in [2.75, 3.05) is 6.61 Å². The molecule has 1 aliphatic heterocycles. The molecule has 1 aromatic carbocycles. The maximum atomic E-state index is 9.76. The van der Waals surface area contributed by atoms with E-state index in [2.05, 4.69) is 32.0 Å². The van der Waals surface area contributed by atoms with E-state index in [0.29, 0.717) is 5.92 Å². The molecule has 0 amide bonds. The third-order valence-electron chi connectivity index (χ3n) is 3.25. The number of benzene rings is 1. The molecule has 1 heterocycles. The minimum atomic E-state index is -0.190. The lowest BCUT2D eigenvalue weighted by Gasteiger charge is -2.14. The number of aryl methyl sites for hydroxylation is 1. The molecule has 1 unspecified atom stereocenters. The average molecular weight is 220 g/mol. The van der Waals surface area contributed by atoms with Crippen molar-refractivity contribution in [1.82, 2.24) is 0 Å². The zero-order valence-electron chi connectivity index (χ0n) is 10.1. The van der Waals surface area contributed by atoms with Crippen LogP contribution in [0.4, 0.5) is 0 Å². The van der Waals surface area contributed by atoms with E-state index in [0.717, 1.165) is 31.6 Å². The van der Waals surface area contributed by atoms with Crippen molar-refractivity contribution in [3.63, 3.8) is 0 Å². The van der Waals surface area contributed by atoms with Gasteiger partial charge in [-0.25, -0.2) is 0 Å². The van der Waals surface area contributed by atoms with Gasteiger partial charge in [-0.3, -0.25) is 0 Å². The van der Waals surface area contributed by atoms with Gasteiger partial charge >= 0.3 is 0 Å². The minimum Gasteiger partial charge on any atom is -0.493 e. The molecule has 0 spiro atoms. The molecule has 1 N–H and O–H groups in total. The molecule has 1 aromatic rings. The molecule has 2 nitrogen and oxygen atoms in total. The Bertz CT molecular complexity index is 358. The highest BCUT2D eigenvalue weighted by atomic mass is 16.5. The third kappa shape index (κ3) is 2.56. The summed E-state index contributed by atoms with van der Waals surface area (Å²) in [6, 6.07) is 6.38. The number of fused-ring (bicyclic) bond motifs is 1. The summed E-state index contributed by atoms with van der Waals surface area (Å²) < 4.78 is 5.47. The summed E-state index contributed by atoms with van der Waals surface area (Å²) in [7, 11) is 0. The molecule has 0 saturated carbocycles. The number of rotatable bonds is 4. The Kier molecular flexibility index (Phi) is 3.49. The summed E-state index contributed by atoms with van der Waals surface area (Å²) in [5.41, 5.74) is 2.63. The Labute approximate surface area is 97.3 Å². The Balaban J connectivity index is 1.95. The molecule has 1 aliphatic rings. The quantitative estimate of drug-likeness (QED) is 0.845. The van der Waals surface area contributed by atoms with Gasteiger partial charge in [0.1, 0.15) is 5.75 Å². The van der Waals surface area contributed by atoms with E-state index in [1.165, 1.54) is 11.1 Å². The van der Waals surface area contributed by atoms with Crippen LogP contribution in [0.2, 0.25) is 0 Å². The monoisotopic (exact) mass is 220 g/mol. The van der Waals surface area contributed by atoms with Crippen LogP contribution in [0.15, 0.2) is 18.2 Å². The van der Waals surface area contributed by atoms with E-state index in [4.69, 9.17) is 4.74 Å². The first-order valence-electron chi connectivity index (χ1n) is 6.09. The van der Waals surface area contributed by atoms with Crippen LogP contribution in [0, 0.1) is 5.92 Å². The first kappa shape index (κ1) is 11.5. The normalized spacial score (nSPS) is 16.0. The standard InChI is InChI=1S/C14H20O2/c1-10(2)13(15)5-3-11-4-6-14-12(9-11)7-8-16-14/h4,6,9-10,13,15H,3,5,7-8H2,1-2H3. The van der Waals surface area contributed by atoms with Crippen molar-refractivity contribution in [3.05, 3.63) is 29.3 Å². The van der Waals surface area contributed by atoms with Crippen molar-refractivity contribution in [3.8, 4) is 5.75 Å². The summed E-state index contributed by atoms with van der Waals surface area (Å²) in [4.78, 5) is 0. The molecule has 0 aromatic heterocycles. The molecule has 1 atom stereocenters. The molecule has 88 valence electrons. The maximum absolute atomic E-state index is 9.76. The summed E-state index contributed by atoms with van der Waals surface area (Å²) in [5.74, 6) is 1.38. The number of aliphatic hydroxyl groups is 1. The Morgan fingerprint density at radius 2 is 2.19 bits per heavy atom. The van der Waals surface area contributed by atoms with E-state index in [1.807, 2.05) is 0 Å². The Morgan fingerprint density at radius 3 is 2.94 bits per heavy atom. The van der Waals surface area contributed by atoms with Gasteiger partial charge in [0, 0.05) is 6.42 Å². The van der Waals surface area contributed by atoms with Crippen molar-refractivity contribution in [2.45, 2.75) is 39.2 Å². The number of ether oxygens (including phenoxy) is 1. The predicted octanol–water partition coefficient (Wildman–Crippen LogP) is 2.57. The smallest absolute Gasteiger partial charge is 0.122 e. The molecule has 0 fully saturated rings. The van der Waals surface area contributed by atoms with Crippen LogP contribution in [-0.2, 0) is 12.8 Å². The highest BCUT2D eigenvalue weighted by Gasteiger charge is 2.13. The number of hydrogen-bond acceptors (Lipinski definition) is 2. The van der Waals surface area contributed by atoms with Gasteiger partial charge in [0.15, 0.2) is 0 Å². The van der Waals surface area contributed by atoms with E-state index in [9.17, 15) is 5.11 Å². The second kappa shape index (κ2) is 4.88. The zero-order chi connectivity index (χ0) is 11.5. The van der Waals surface area contributed by atoms with Crippen molar-refractivity contribution >= 4 is 0 Å². The van der Waals surface area contributed by atoms with Gasteiger partial charge in [-0.05, 0) is 36.0 Å². The van der Waals surface area contributed by atoms with Gasteiger partial charge in [-0.2, -0.15) is 0 Å². The average Bonchev–Trinajstić information content (AvgIpc) is 2.72. The molecule has 0 saturated heterocycles. The molecular formula is C14H20O2. The van der Waals surface area contributed by atoms with Crippen LogP contribution < -0.4 is 4.74 Å². The largest absolute Gasteiger partial charge is 0.493 e. The fourth-order valence-corrected chi connectivity index (χ4v) is 2.04. The summed E-state index contributed by atoms with van der Waals surface area (Å²) in [6.45, 7) is 4.93. The van der Waals surface area contributed by atoms with Crippen LogP contribution in [0.25, 0.3) is 0 Å². The van der Waals surface area contributed by atoms with Gasteiger partial charge in [0.05, 0.1) is 12.7 Å². The lowest BCUT2D eigenvalue weighted by atomic mass is 9.98. The second-order valence-electron chi connectivity index (χ2n) is 4.89. The van der Waals surface area contributed by atoms with Gasteiger partial charge in [0.2, 0.25) is 0 Å². The van der Waals surface area contributed by atoms with Gasteiger partial charge in [0.25, 0.3) is 0 Å². The fraction of sp³-hybridized carbons (Fsp3) is 0.571. The maximum Gasteiger partial charge on any atom is 0.122 e. The molecule has 0 aliphatic carbocycles. The topological polar surface area (TPSA) is 29.5 Å². The molecule has 2 heteroatoms. The molecule has 2 rings (SSSR count). The van der Waals surface area contributed by atoms with Gasteiger partial charge in [-0.1, -0.05) is 26.0 Å². The minimum absolute atomic E-state index is 0.190. The van der Waals surface area contributed by atoms with Crippen LogP contribution in [0.5, 0.6) is 5.75 Å². The molecule has 0 radical (unpaired) electrons. The van der Waals surface area contributed by atoms with Crippen molar-refractivity contribution in [1.29, 1.82) is 0 Å². The Morgan fingerprint density at radius 1 is 1.38 bits per heavy atom. The van der Waals surface area contributed by atoms with Crippen molar-refractivity contribution in [2.24, 2.45) is 5.92 Å². The Hall–Kier alpha value is -1.02. The van der Waals surface area contributed by atoms with Crippen LogP contribution in [0.1, 0.15) is 31.4 Å². The SMILES string of the molecule is CC(C)C(O)CCc1ccc2c(c1)CCO2. The summed E-state index contributed by atoms with van der Waals surface area (Å²) in [6.07, 6.45) is 2.63. The van der Waals surface area contributed by atoms with E-state index < -0.39 is 0 Å². The van der Waals surface area contributed by atoms with E-state index >= 15 is 0 Å². The first-order chi connectivity index (χ1) is 7.66. The van der Waals surface area contributed by atoms with Gasteiger partial charge < -0.3 is 9.84 Å². The lowest BCUT2D eigenvalue weighted by Crippen LogP contribution is -2.15. The number of aliphatic hydroxyl groups excluding tert-OH is 1. The lowest BCUT2D eigenvalue weighted by molar-refractivity contribution is 0.116.